The van der Waals surface area contributed by atoms with Gasteiger partial charge < -0.3 is 10.5 Å². The van der Waals surface area contributed by atoms with Crippen molar-refractivity contribution in [2.75, 3.05) is 13.7 Å². The van der Waals surface area contributed by atoms with Crippen molar-refractivity contribution in [3.05, 3.63) is 0 Å². The molecule has 1 aliphatic heterocycles. The summed E-state index contributed by atoms with van der Waals surface area (Å²) in [5.41, 5.74) is 5.75. The van der Waals surface area contributed by atoms with Crippen molar-refractivity contribution in [3.63, 3.8) is 0 Å². The maximum Gasteiger partial charge on any atom is 0.346 e. The minimum absolute atomic E-state index is 0.0657. The summed E-state index contributed by atoms with van der Waals surface area (Å²) in [6.07, 6.45) is 5.33. The van der Waals surface area contributed by atoms with Gasteiger partial charge in [0, 0.05) is 13.0 Å². The molecule has 0 radical (unpaired) electrons. The molecule has 2 amide bonds. The summed E-state index contributed by atoms with van der Waals surface area (Å²) in [6.45, 7) is 4.23. The molecule has 88 valence electrons. The van der Waals surface area contributed by atoms with Gasteiger partial charge in [0.15, 0.2) is 0 Å². The Morgan fingerprint density at radius 3 is 2.81 bits per heavy atom. The van der Waals surface area contributed by atoms with Crippen molar-refractivity contribution in [1.29, 1.82) is 0 Å². The van der Waals surface area contributed by atoms with Gasteiger partial charge in [0.25, 0.3) is 0 Å². The van der Waals surface area contributed by atoms with Crippen LogP contribution in [0.3, 0.4) is 0 Å². The number of hydrogen-bond donors (Lipinski definition) is 1. The van der Waals surface area contributed by atoms with E-state index in [2.05, 4.69) is 10.9 Å². The minimum atomic E-state index is -0.365. The second-order valence-electron chi connectivity index (χ2n) is 3.95. The lowest BCUT2D eigenvalue weighted by molar-refractivity contribution is 0.119. The summed E-state index contributed by atoms with van der Waals surface area (Å²) in [5, 5.41) is 0. The standard InChI is InChI=1S/C11H17N3O2/c1-5-8(3)14-9(7(2)6-16-4)10(12)13-11(14)15/h1,7-9H,6H2,2-4H3,(H2,12,13,15). The fraction of sp³-hybridized carbons (Fsp3) is 0.636. The SMILES string of the molecule is C#CC(C)N1C(=O)N=C(N)C1C(C)COC. The smallest absolute Gasteiger partial charge is 0.346 e. The van der Waals surface area contributed by atoms with Crippen LogP contribution in [0.15, 0.2) is 4.99 Å². The van der Waals surface area contributed by atoms with Crippen LogP contribution in [-0.4, -0.2) is 42.6 Å². The van der Waals surface area contributed by atoms with Gasteiger partial charge in [-0.2, -0.15) is 4.99 Å². The number of hydrogen-bond acceptors (Lipinski definition) is 3. The van der Waals surface area contributed by atoms with Crippen LogP contribution in [0.5, 0.6) is 0 Å². The number of urea groups is 1. The van der Waals surface area contributed by atoms with Crippen LogP contribution in [-0.2, 0) is 4.74 Å². The molecule has 0 aromatic rings. The number of carbonyl (C=O) groups excluding carboxylic acids is 1. The third kappa shape index (κ3) is 2.17. The fourth-order valence-electron chi connectivity index (χ4n) is 1.90. The highest BCUT2D eigenvalue weighted by Gasteiger charge is 2.39. The van der Waals surface area contributed by atoms with Crippen LogP contribution in [0.4, 0.5) is 4.79 Å². The molecule has 3 atom stereocenters. The quantitative estimate of drug-likeness (QED) is 0.704. The van der Waals surface area contributed by atoms with E-state index in [1.54, 1.807) is 14.0 Å². The van der Waals surface area contributed by atoms with Crippen molar-refractivity contribution < 1.29 is 9.53 Å². The molecule has 2 N–H and O–H groups in total. The number of methoxy groups -OCH3 is 1. The average Bonchev–Trinajstić information content (AvgIpc) is 2.53. The average molecular weight is 223 g/mol. The largest absolute Gasteiger partial charge is 0.385 e. The van der Waals surface area contributed by atoms with Gasteiger partial charge in [-0.15, -0.1) is 6.42 Å². The summed E-state index contributed by atoms with van der Waals surface area (Å²) in [4.78, 5) is 16.9. The second kappa shape index (κ2) is 4.99. The predicted octanol–water partition coefficient (Wildman–Crippen LogP) is 0.452. The molecule has 0 fully saturated rings. The van der Waals surface area contributed by atoms with Crippen LogP contribution >= 0.6 is 0 Å². The lowest BCUT2D eigenvalue weighted by Crippen LogP contribution is -2.49. The molecule has 16 heavy (non-hydrogen) atoms. The van der Waals surface area contributed by atoms with Crippen molar-refractivity contribution in [2.45, 2.75) is 25.9 Å². The van der Waals surface area contributed by atoms with Crippen LogP contribution in [0, 0.1) is 18.3 Å². The van der Waals surface area contributed by atoms with E-state index in [4.69, 9.17) is 16.9 Å². The zero-order valence-corrected chi connectivity index (χ0v) is 9.80. The van der Waals surface area contributed by atoms with Crippen LogP contribution in [0.1, 0.15) is 13.8 Å². The summed E-state index contributed by atoms with van der Waals surface area (Å²) in [6, 6.07) is -0.948. The second-order valence-corrected chi connectivity index (χ2v) is 3.95. The molecule has 5 nitrogen and oxygen atoms in total. The van der Waals surface area contributed by atoms with Crippen molar-refractivity contribution in [3.8, 4) is 12.3 Å². The van der Waals surface area contributed by atoms with Crippen molar-refractivity contribution >= 4 is 11.9 Å². The highest BCUT2D eigenvalue weighted by atomic mass is 16.5. The number of terminal acetylenes is 1. The van der Waals surface area contributed by atoms with Gasteiger partial charge in [0.05, 0.1) is 18.7 Å². The van der Waals surface area contributed by atoms with Gasteiger partial charge in [-0.3, -0.25) is 4.90 Å². The first-order chi connectivity index (χ1) is 7.52. The van der Waals surface area contributed by atoms with Gasteiger partial charge in [0.2, 0.25) is 0 Å². The molecule has 1 rings (SSSR count). The Labute approximate surface area is 95.7 Å². The van der Waals surface area contributed by atoms with Crippen LogP contribution < -0.4 is 5.73 Å². The molecule has 0 saturated heterocycles. The minimum Gasteiger partial charge on any atom is -0.385 e. The van der Waals surface area contributed by atoms with E-state index in [1.807, 2.05) is 6.92 Å². The normalized spacial score (nSPS) is 23.9. The number of ether oxygens (including phenoxy) is 1. The van der Waals surface area contributed by atoms with Gasteiger partial charge in [0.1, 0.15) is 5.84 Å². The van der Waals surface area contributed by atoms with Gasteiger partial charge in [-0.1, -0.05) is 12.8 Å². The van der Waals surface area contributed by atoms with E-state index in [-0.39, 0.29) is 24.0 Å². The molecule has 0 aromatic carbocycles. The predicted molar refractivity (Wildman–Crippen MR) is 62.0 cm³/mol. The summed E-state index contributed by atoms with van der Waals surface area (Å²) in [7, 11) is 1.61. The van der Waals surface area contributed by atoms with E-state index in [1.165, 1.54) is 4.90 Å². The number of amides is 2. The van der Waals surface area contributed by atoms with Crippen LogP contribution in [0.2, 0.25) is 0 Å². The molecule has 0 aliphatic carbocycles. The first-order valence-electron chi connectivity index (χ1n) is 5.14. The Balaban J connectivity index is 2.91. The summed E-state index contributed by atoms with van der Waals surface area (Å²) in [5.74, 6) is 2.90. The Morgan fingerprint density at radius 1 is 1.69 bits per heavy atom. The number of aliphatic imine (C=N–C) groups is 1. The molecule has 0 saturated carbocycles. The number of nitrogens with two attached hydrogens (primary N) is 1. The zero-order valence-electron chi connectivity index (χ0n) is 9.80. The fourth-order valence-corrected chi connectivity index (χ4v) is 1.90. The van der Waals surface area contributed by atoms with E-state index in [0.717, 1.165) is 0 Å². The Hall–Kier alpha value is -1.54. The monoisotopic (exact) mass is 223 g/mol. The first kappa shape index (κ1) is 12.5. The highest BCUT2D eigenvalue weighted by molar-refractivity contribution is 6.03. The Morgan fingerprint density at radius 2 is 2.31 bits per heavy atom. The van der Waals surface area contributed by atoms with E-state index < -0.39 is 0 Å². The van der Waals surface area contributed by atoms with Gasteiger partial charge in [-0.25, -0.2) is 4.79 Å². The number of amidine groups is 1. The molecular weight excluding hydrogens is 206 g/mol. The number of nitrogens with zero attached hydrogens (tertiary/aromatic N) is 2. The third-order valence-electron chi connectivity index (χ3n) is 2.68. The maximum atomic E-state index is 11.6. The Bertz CT molecular complexity index is 346. The van der Waals surface area contributed by atoms with Crippen LogP contribution in [0.25, 0.3) is 0 Å². The lowest BCUT2D eigenvalue weighted by Gasteiger charge is -2.31. The molecule has 0 spiro atoms. The van der Waals surface area contributed by atoms with E-state index >= 15 is 0 Å². The van der Waals surface area contributed by atoms with Crippen molar-refractivity contribution in [1.82, 2.24) is 4.90 Å². The third-order valence-corrected chi connectivity index (χ3v) is 2.68. The summed E-state index contributed by atoms with van der Waals surface area (Å²) >= 11 is 0. The topological polar surface area (TPSA) is 67.9 Å². The molecule has 5 heteroatoms. The summed E-state index contributed by atoms with van der Waals surface area (Å²) < 4.78 is 5.06. The Kier molecular flexibility index (Phi) is 3.91. The number of carbonyl (C=O) groups is 1. The zero-order chi connectivity index (χ0) is 12.3. The first-order valence-corrected chi connectivity index (χ1v) is 5.14. The number of rotatable bonds is 4. The lowest BCUT2D eigenvalue weighted by atomic mass is 10.00. The molecule has 3 unspecified atom stereocenters. The molecular formula is C11H17N3O2. The van der Waals surface area contributed by atoms with Gasteiger partial charge >= 0.3 is 6.03 Å². The molecule has 1 heterocycles. The molecule has 1 aliphatic rings. The van der Waals surface area contributed by atoms with Gasteiger partial charge in [-0.05, 0) is 6.92 Å². The van der Waals surface area contributed by atoms with Crippen molar-refractivity contribution in [2.24, 2.45) is 16.6 Å². The maximum absolute atomic E-state index is 11.6. The van der Waals surface area contributed by atoms with E-state index in [9.17, 15) is 4.79 Å². The molecule has 0 bridgehead atoms. The van der Waals surface area contributed by atoms with E-state index in [0.29, 0.717) is 12.4 Å². The highest BCUT2D eigenvalue weighted by Crippen LogP contribution is 2.21. The molecule has 0 aromatic heterocycles.